The molecule has 0 radical (unpaired) electrons. The third kappa shape index (κ3) is 1.96. The zero-order chi connectivity index (χ0) is 13.3. The number of aliphatic carboxylic acids is 1. The Morgan fingerprint density at radius 1 is 1.39 bits per heavy atom. The van der Waals surface area contributed by atoms with Crippen LogP contribution in [0.3, 0.4) is 0 Å². The van der Waals surface area contributed by atoms with E-state index in [1.807, 2.05) is 0 Å². The number of phenols is 1. The first-order valence-electron chi connectivity index (χ1n) is 5.81. The van der Waals surface area contributed by atoms with Gasteiger partial charge in [-0.15, -0.1) is 0 Å². The third-order valence-corrected chi connectivity index (χ3v) is 4.10. The van der Waals surface area contributed by atoms with Crippen LogP contribution >= 0.6 is 15.9 Å². The van der Waals surface area contributed by atoms with E-state index in [-0.39, 0.29) is 5.75 Å². The average Bonchev–Trinajstić information content (AvgIpc) is 2.82. The standard InChI is InChI=1S/C13H15BrO4/c1-18-10-7-8(14)6-9(11(10)15)13(12(16)17)4-2-3-5-13/h6-7,15H,2-5H2,1H3,(H,16,17). The first-order valence-corrected chi connectivity index (χ1v) is 6.61. The van der Waals surface area contributed by atoms with Gasteiger partial charge in [-0.1, -0.05) is 28.8 Å². The maximum atomic E-state index is 11.6. The normalized spacial score (nSPS) is 17.7. The van der Waals surface area contributed by atoms with Crippen LogP contribution in [0, 0.1) is 0 Å². The Morgan fingerprint density at radius 3 is 2.50 bits per heavy atom. The summed E-state index contributed by atoms with van der Waals surface area (Å²) in [6.07, 6.45) is 2.83. The van der Waals surface area contributed by atoms with Crippen molar-refractivity contribution in [3.8, 4) is 11.5 Å². The summed E-state index contributed by atoms with van der Waals surface area (Å²) in [6.45, 7) is 0. The third-order valence-electron chi connectivity index (χ3n) is 3.64. The number of carboxylic acids is 1. The number of carboxylic acid groups (broad SMARTS) is 1. The van der Waals surface area contributed by atoms with Gasteiger partial charge in [-0.2, -0.15) is 0 Å². The van der Waals surface area contributed by atoms with Crippen molar-refractivity contribution in [2.45, 2.75) is 31.1 Å². The van der Waals surface area contributed by atoms with E-state index in [1.165, 1.54) is 7.11 Å². The van der Waals surface area contributed by atoms with E-state index in [2.05, 4.69) is 15.9 Å². The minimum Gasteiger partial charge on any atom is -0.504 e. The summed E-state index contributed by atoms with van der Waals surface area (Å²) in [7, 11) is 1.45. The fourth-order valence-electron chi connectivity index (χ4n) is 2.67. The number of benzene rings is 1. The molecule has 18 heavy (non-hydrogen) atoms. The van der Waals surface area contributed by atoms with Crippen molar-refractivity contribution in [1.29, 1.82) is 0 Å². The zero-order valence-corrected chi connectivity index (χ0v) is 11.7. The van der Waals surface area contributed by atoms with Gasteiger partial charge in [0, 0.05) is 10.0 Å². The molecule has 2 N–H and O–H groups in total. The lowest BCUT2D eigenvalue weighted by Crippen LogP contribution is -2.32. The maximum Gasteiger partial charge on any atom is 0.314 e. The molecular formula is C13H15BrO4. The molecule has 0 aliphatic heterocycles. The van der Waals surface area contributed by atoms with Crippen LogP contribution in [-0.4, -0.2) is 23.3 Å². The molecule has 1 aromatic carbocycles. The van der Waals surface area contributed by atoms with E-state index in [0.29, 0.717) is 28.6 Å². The number of hydrogen-bond donors (Lipinski definition) is 2. The predicted octanol–water partition coefficient (Wildman–Crippen LogP) is 3.06. The number of phenolic OH excluding ortho intramolecular Hbond substituents is 1. The first-order chi connectivity index (χ1) is 8.51. The van der Waals surface area contributed by atoms with Gasteiger partial charge in [-0.25, -0.2) is 0 Å². The zero-order valence-electron chi connectivity index (χ0n) is 10.1. The van der Waals surface area contributed by atoms with Gasteiger partial charge in [-0.3, -0.25) is 4.79 Å². The number of methoxy groups -OCH3 is 1. The Hall–Kier alpha value is -1.23. The number of rotatable bonds is 3. The summed E-state index contributed by atoms with van der Waals surface area (Å²) in [4.78, 5) is 11.6. The molecule has 0 saturated heterocycles. The highest BCUT2D eigenvalue weighted by atomic mass is 79.9. The van der Waals surface area contributed by atoms with Crippen LogP contribution in [0.2, 0.25) is 0 Å². The number of halogens is 1. The number of ether oxygens (including phenoxy) is 1. The smallest absolute Gasteiger partial charge is 0.314 e. The van der Waals surface area contributed by atoms with Crippen LogP contribution in [0.5, 0.6) is 11.5 Å². The number of carbonyl (C=O) groups is 1. The second-order valence-corrected chi connectivity index (χ2v) is 5.51. The fourth-order valence-corrected chi connectivity index (χ4v) is 3.11. The summed E-state index contributed by atoms with van der Waals surface area (Å²) in [6, 6.07) is 3.31. The Bertz CT molecular complexity index is 478. The van der Waals surface area contributed by atoms with E-state index < -0.39 is 11.4 Å². The van der Waals surface area contributed by atoms with Crippen molar-refractivity contribution in [2.75, 3.05) is 7.11 Å². The van der Waals surface area contributed by atoms with Crippen LogP contribution in [-0.2, 0) is 10.2 Å². The molecule has 2 rings (SSSR count). The van der Waals surface area contributed by atoms with Crippen LogP contribution in [0.4, 0.5) is 0 Å². The van der Waals surface area contributed by atoms with Gasteiger partial charge in [0.15, 0.2) is 11.5 Å². The number of aromatic hydroxyl groups is 1. The molecule has 1 aliphatic rings. The lowest BCUT2D eigenvalue weighted by Gasteiger charge is -2.26. The molecule has 0 aromatic heterocycles. The summed E-state index contributed by atoms with van der Waals surface area (Å²) < 4.78 is 5.79. The SMILES string of the molecule is COc1cc(Br)cc(C2(C(=O)O)CCCC2)c1O. The van der Waals surface area contributed by atoms with Crippen molar-refractivity contribution in [2.24, 2.45) is 0 Å². The fraction of sp³-hybridized carbons (Fsp3) is 0.462. The molecule has 1 aromatic rings. The molecule has 5 heteroatoms. The van der Waals surface area contributed by atoms with E-state index in [9.17, 15) is 15.0 Å². The van der Waals surface area contributed by atoms with Gasteiger partial charge >= 0.3 is 5.97 Å². The molecule has 4 nitrogen and oxygen atoms in total. The lowest BCUT2D eigenvalue weighted by molar-refractivity contribution is -0.143. The molecule has 0 spiro atoms. The summed E-state index contributed by atoms with van der Waals surface area (Å²) in [5.41, 5.74) is -0.542. The highest BCUT2D eigenvalue weighted by Gasteiger charge is 2.45. The minimum absolute atomic E-state index is 0.0648. The van der Waals surface area contributed by atoms with Gasteiger partial charge < -0.3 is 14.9 Å². The highest BCUT2D eigenvalue weighted by molar-refractivity contribution is 9.10. The second-order valence-electron chi connectivity index (χ2n) is 4.60. The molecule has 1 aliphatic carbocycles. The molecule has 0 heterocycles. The first kappa shape index (κ1) is 13.2. The number of hydrogen-bond acceptors (Lipinski definition) is 3. The molecule has 0 atom stereocenters. The van der Waals surface area contributed by atoms with Gasteiger partial charge in [0.25, 0.3) is 0 Å². The van der Waals surface area contributed by atoms with E-state index in [0.717, 1.165) is 12.8 Å². The summed E-state index contributed by atoms with van der Waals surface area (Å²) in [5.74, 6) is -0.646. The Kier molecular flexibility index (Phi) is 3.52. The van der Waals surface area contributed by atoms with Crippen LogP contribution < -0.4 is 4.74 Å². The quantitative estimate of drug-likeness (QED) is 0.899. The van der Waals surface area contributed by atoms with Gasteiger partial charge in [0.2, 0.25) is 0 Å². The topological polar surface area (TPSA) is 66.8 Å². The summed E-state index contributed by atoms with van der Waals surface area (Å²) in [5, 5.41) is 19.7. The van der Waals surface area contributed by atoms with Crippen molar-refractivity contribution >= 4 is 21.9 Å². The van der Waals surface area contributed by atoms with E-state index in [4.69, 9.17) is 4.74 Å². The van der Waals surface area contributed by atoms with Crippen LogP contribution in [0.15, 0.2) is 16.6 Å². The molecule has 1 saturated carbocycles. The van der Waals surface area contributed by atoms with Crippen LogP contribution in [0.1, 0.15) is 31.2 Å². The lowest BCUT2D eigenvalue weighted by atomic mass is 9.78. The van der Waals surface area contributed by atoms with E-state index >= 15 is 0 Å². The second kappa shape index (κ2) is 4.80. The van der Waals surface area contributed by atoms with Crippen LogP contribution in [0.25, 0.3) is 0 Å². The van der Waals surface area contributed by atoms with Gasteiger partial charge in [0.05, 0.1) is 12.5 Å². The molecular weight excluding hydrogens is 300 g/mol. The van der Waals surface area contributed by atoms with E-state index in [1.54, 1.807) is 12.1 Å². The monoisotopic (exact) mass is 314 g/mol. The minimum atomic E-state index is -0.985. The van der Waals surface area contributed by atoms with Gasteiger partial charge in [-0.05, 0) is 25.0 Å². The van der Waals surface area contributed by atoms with Crippen molar-refractivity contribution in [3.63, 3.8) is 0 Å². The average molecular weight is 315 g/mol. The molecule has 98 valence electrons. The Morgan fingerprint density at radius 2 is 2.00 bits per heavy atom. The highest BCUT2D eigenvalue weighted by Crippen LogP contribution is 2.48. The Labute approximate surface area is 114 Å². The maximum absolute atomic E-state index is 11.6. The Balaban J connectivity index is 2.61. The predicted molar refractivity (Wildman–Crippen MR) is 70.1 cm³/mol. The van der Waals surface area contributed by atoms with Crippen molar-refractivity contribution in [1.82, 2.24) is 0 Å². The molecule has 0 bridgehead atoms. The molecule has 0 unspecified atom stereocenters. The largest absolute Gasteiger partial charge is 0.504 e. The van der Waals surface area contributed by atoms with Crippen molar-refractivity contribution < 1.29 is 19.7 Å². The van der Waals surface area contributed by atoms with Crippen molar-refractivity contribution in [3.05, 3.63) is 22.2 Å². The molecule has 1 fully saturated rings. The molecule has 0 amide bonds. The van der Waals surface area contributed by atoms with Gasteiger partial charge in [0.1, 0.15) is 0 Å². The summed E-state index contributed by atoms with van der Waals surface area (Å²) >= 11 is 3.32.